The second-order valence-electron chi connectivity index (χ2n) is 42.0. The molecule has 9 aromatic rings. The largest absolute Gasteiger partial charge is 0.490 e. The summed E-state index contributed by atoms with van der Waals surface area (Å²) in [5.74, 6) is 13.3. The van der Waals surface area contributed by atoms with Gasteiger partial charge in [0.05, 0.1) is 126 Å². The van der Waals surface area contributed by atoms with Crippen molar-refractivity contribution in [1.82, 2.24) is 54.7 Å². The molecule has 9 fully saturated rings. The Kier molecular flexibility index (Phi) is 36.5. The van der Waals surface area contributed by atoms with E-state index in [0.717, 1.165) is 303 Å². The molecule has 18 heterocycles. The summed E-state index contributed by atoms with van der Waals surface area (Å²) in [6.07, 6.45) is 21.0. The summed E-state index contributed by atoms with van der Waals surface area (Å²) in [6, 6.07) is 35.5. The zero-order valence-electron chi connectivity index (χ0n) is 87.5. The number of piperidine rings is 6. The number of nitrogens with one attached hydrogen (secondary N) is 5. The van der Waals surface area contributed by atoms with Crippen LogP contribution in [0.25, 0.3) is 0 Å². The molecule has 5 unspecified atom stereocenters. The zero-order valence-corrected chi connectivity index (χ0v) is 91.6. The highest BCUT2D eigenvalue weighted by Gasteiger charge is 2.45. The van der Waals surface area contributed by atoms with Gasteiger partial charge in [0.1, 0.15) is 89.1 Å². The molecule has 808 valence electrons. The van der Waals surface area contributed by atoms with Gasteiger partial charge in [-0.15, -0.1) is 0 Å². The van der Waals surface area contributed by atoms with Crippen molar-refractivity contribution in [1.29, 1.82) is 0 Å². The van der Waals surface area contributed by atoms with Gasteiger partial charge in [-0.3, -0.25) is 25.8 Å². The minimum Gasteiger partial charge on any atom is -0.490 e. The fraction of sp³-hybridized carbons (Fsp3) is 0.587. The van der Waals surface area contributed by atoms with Crippen LogP contribution in [0.2, 0.25) is 0 Å². The number of aliphatic hydroxyl groups is 2. The first kappa shape index (κ1) is 108. The van der Waals surface area contributed by atoms with Gasteiger partial charge in [-0.25, -0.2) is 24.9 Å². The van der Waals surface area contributed by atoms with E-state index in [9.17, 15) is 36.1 Å². The van der Waals surface area contributed by atoms with E-state index >= 15 is 0 Å². The number of aliphatic hydroxyl groups excluding tert-OH is 2. The molecule has 4 aromatic carbocycles. The smallest absolute Gasteiger partial charge is 0.227 e. The van der Waals surface area contributed by atoms with Crippen molar-refractivity contribution >= 4 is 119 Å². The number of amides is 1. The average molecular weight is 2150 g/mol. The van der Waals surface area contributed by atoms with Crippen LogP contribution < -0.4 is 65.3 Å². The van der Waals surface area contributed by atoms with Crippen LogP contribution >= 0.6 is 0 Å². The minimum absolute atomic E-state index is 0.000154. The number of likely N-dealkylation sites (tertiary alicyclic amines) is 1. The zero-order chi connectivity index (χ0) is 104. The van der Waals surface area contributed by atoms with Crippen molar-refractivity contribution in [2.45, 2.75) is 274 Å². The van der Waals surface area contributed by atoms with Gasteiger partial charge in [-0.2, -0.15) is 24.9 Å². The van der Waals surface area contributed by atoms with Gasteiger partial charge < -0.3 is 99.4 Å². The third-order valence-corrected chi connectivity index (χ3v) is 37.9. The number of rotatable bonds is 28. The Bertz CT molecular complexity index is 6200. The number of carbonyl (C=O) groups is 1. The monoisotopic (exact) mass is 2150 g/mol. The SMILES string of the molecule is COC1CCN(c2nc3c(c(NC4CCOCC4)n2)S(=O)CC3)CC1.Cc1ccc(OC2CCN(c3nc4c(c(NC5(CO)CC5)n3)S(=O)CC4)CC2)cc1.Cc1ccc(OC2CCN(c3nc4c(c(N[C@@H](CO)C(C)C)n3)S(=O)CC4)CC2)cc1.Cc1ccc(OC2CCN(c3nc4c(c(N[C@H]5CCC(=O)N(C)C5)n3)S(=O)CC4)CC2)cc1.O=S1CCc2nc(N3CCC(OCc4ccccc4)CC3)nc(NC3CCOCC3)c21. The molecule has 0 radical (unpaired) electrons. The van der Waals surface area contributed by atoms with Crippen LogP contribution in [0.3, 0.4) is 0 Å². The van der Waals surface area contributed by atoms with Crippen molar-refractivity contribution in [2.24, 2.45) is 5.92 Å². The molecule has 0 bridgehead atoms. The third-order valence-electron chi connectivity index (χ3n) is 30.6. The average Bonchev–Trinajstić information content (AvgIpc) is 1.61. The maximum atomic E-state index is 12.7. The Balaban J connectivity index is 0.000000118. The van der Waals surface area contributed by atoms with Crippen molar-refractivity contribution in [2.75, 3.05) is 206 Å². The lowest BCUT2D eigenvalue weighted by atomic mass is 10.1. The Morgan fingerprint density at radius 2 is 0.713 bits per heavy atom. The highest BCUT2D eigenvalue weighted by Crippen LogP contribution is 2.44. The van der Waals surface area contributed by atoms with Gasteiger partial charge in [0.25, 0.3) is 0 Å². The van der Waals surface area contributed by atoms with Crippen LogP contribution in [0.4, 0.5) is 58.8 Å². The lowest BCUT2D eigenvalue weighted by Crippen LogP contribution is -2.43. The predicted molar refractivity (Wildman–Crippen MR) is 586 cm³/mol. The Morgan fingerprint density at radius 3 is 1.04 bits per heavy atom. The van der Waals surface area contributed by atoms with Crippen LogP contribution in [0.5, 0.6) is 17.2 Å². The number of likely N-dealkylation sites (N-methyl/N-ethyl adjacent to an activating group) is 1. The van der Waals surface area contributed by atoms with Crippen LogP contribution in [-0.4, -0.2) is 307 Å². The van der Waals surface area contributed by atoms with E-state index in [1.165, 1.54) is 22.3 Å². The number of benzene rings is 4. The van der Waals surface area contributed by atoms with E-state index < -0.39 is 54.0 Å². The van der Waals surface area contributed by atoms with Crippen molar-refractivity contribution in [3.63, 3.8) is 0 Å². The number of ether oxygens (including phenoxy) is 7. The number of anilines is 10. The first-order chi connectivity index (χ1) is 72.9. The molecule has 14 aliphatic rings. The molecule has 7 atom stereocenters. The summed E-state index contributed by atoms with van der Waals surface area (Å²) in [6.45, 7) is 23.2. The molecule has 1 amide bonds. The van der Waals surface area contributed by atoms with Gasteiger partial charge in [0.15, 0.2) is 0 Å². The van der Waals surface area contributed by atoms with Crippen molar-refractivity contribution in [3.8, 4) is 17.2 Å². The maximum Gasteiger partial charge on any atom is 0.227 e. The topological polar surface area (TPSA) is 416 Å². The predicted octanol–water partition coefficient (Wildman–Crippen LogP) is 12.2. The molecular weight excluding hydrogens is 2000 g/mol. The van der Waals surface area contributed by atoms with Gasteiger partial charge in [0, 0.05) is 237 Å². The number of methoxy groups -OCH3 is 1. The summed E-state index contributed by atoms with van der Waals surface area (Å²) in [5.41, 5.74) is 9.11. The lowest BCUT2D eigenvalue weighted by Gasteiger charge is -2.33. The minimum atomic E-state index is -1.09. The summed E-state index contributed by atoms with van der Waals surface area (Å²) >= 11 is 0. The third kappa shape index (κ3) is 27.5. The summed E-state index contributed by atoms with van der Waals surface area (Å²) < 4.78 is 104. The molecule has 13 aliphatic heterocycles. The molecule has 0 spiro atoms. The van der Waals surface area contributed by atoms with Crippen LogP contribution in [-0.2, 0) is 116 Å². The van der Waals surface area contributed by atoms with E-state index in [1.54, 1.807) is 12.0 Å². The molecule has 1 aliphatic carbocycles. The second-order valence-corrected chi connectivity index (χ2v) is 49.5. The fourth-order valence-electron chi connectivity index (χ4n) is 21.1. The van der Waals surface area contributed by atoms with Gasteiger partial charge in [-0.1, -0.05) is 97.3 Å². The number of carbonyl (C=O) groups excluding carboxylic acids is 1. The molecule has 5 aromatic heterocycles. The Hall–Kier alpha value is -10.3. The molecule has 7 N–H and O–H groups in total. The Morgan fingerprint density at radius 1 is 0.393 bits per heavy atom. The van der Waals surface area contributed by atoms with Gasteiger partial charge in [-0.05, 0) is 139 Å². The lowest BCUT2D eigenvalue weighted by molar-refractivity contribution is -0.132. The fourth-order valence-corrected chi connectivity index (χ4v) is 27.6. The number of aromatic nitrogens is 10. The highest BCUT2D eigenvalue weighted by molar-refractivity contribution is 7.86. The molecule has 23 rings (SSSR count). The van der Waals surface area contributed by atoms with E-state index in [4.69, 9.17) is 83.0 Å². The summed E-state index contributed by atoms with van der Waals surface area (Å²) in [7, 11) is -1.64. The number of fused-ring (bicyclic) bond motifs is 5. The highest BCUT2D eigenvalue weighted by atomic mass is 32.2. The molecule has 150 heavy (non-hydrogen) atoms. The number of aryl methyl sites for hydroxylation is 8. The van der Waals surface area contributed by atoms with Crippen molar-refractivity contribution < 1.29 is 69.2 Å². The number of hydrogen-bond donors (Lipinski definition) is 7. The second kappa shape index (κ2) is 50.7. The molecule has 36 nitrogen and oxygen atoms in total. The first-order valence-electron chi connectivity index (χ1n) is 54.0. The van der Waals surface area contributed by atoms with Gasteiger partial charge in [0.2, 0.25) is 35.6 Å². The molecular formula is C109H147N21O15S5. The summed E-state index contributed by atoms with van der Waals surface area (Å²) in [4.78, 5) is 76.4. The van der Waals surface area contributed by atoms with Crippen LogP contribution in [0.1, 0.15) is 180 Å². The molecule has 8 saturated heterocycles. The normalized spacial score (nSPS) is 22.7. The van der Waals surface area contributed by atoms with E-state index in [1.807, 2.05) is 75.5 Å². The first-order valence-corrected chi connectivity index (χ1v) is 60.6. The molecule has 1 saturated carbocycles. The maximum absolute atomic E-state index is 12.7. The molecule has 41 heteroatoms. The van der Waals surface area contributed by atoms with E-state index in [2.05, 4.69) is 120 Å². The van der Waals surface area contributed by atoms with Crippen molar-refractivity contribution in [3.05, 3.63) is 154 Å². The quantitative estimate of drug-likeness (QED) is 0.0239. The van der Waals surface area contributed by atoms with Gasteiger partial charge >= 0.3 is 0 Å². The van der Waals surface area contributed by atoms with Crippen LogP contribution in [0, 0.1) is 26.7 Å². The number of nitrogens with zero attached hydrogens (tertiary/aromatic N) is 16. The standard InChI is InChI=1S/C24H31N5O3S.C23H30N4O3S.C23H32N4O3S.C22H28N4O3S.C17H26N4O3S/c1-16-3-6-18(7-4-16)32-19-9-12-29(13-10-19)24-26-20-11-14-33(31)22(20)23(27-24)25-17-5-8-21(30)28(2)15-17;28-31-15-10-20-21(31)22(24-18-8-13-29-14-9-18)26-23(25-20)27-11-6-19(7-12-27)30-16-17-4-2-1-3-5-17;1-15(2)20(14-28)24-22-21-19(10-13-31(21)29)25-23(26-22)27-11-8-18(9-12-27)30-17-6-4-16(3)5-7-17;1-15-2-4-16(5-3-15)29-17-6-11-26(12-7-17)21-23-18-8-13-30(28)19(18)20(24-21)25-22(14-27)9-10-22;1-23-13-2-7-21(8-3-13)17-19-14-6-11-25(22)15(14)16(20-17)18-12-4-9-24-10-5-12/h3-4,6-7,17,19H,5,8-15H2,1-2H3,(H,25,26,27);1-5,18-19H,6-16H2,(H,24,25,26);4-7,15,18,20,28H,8-14H2,1-3H3,(H,24,25,26);2-5,17,27H,6-14H2,1H3,(H,23,24,25);12-13H,2-11H2,1H3,(H,18,19,20)/t17-,33?;;20-,31?;;/m0.0../s1. The number of hydrogen-bond acceptors (Lipinski definition) is 35. The summed E-state index contributed by atoms with van der Waals surface area (Å²) in [5, 5.41) is 36.8. The van der Waals surface area contributed by atoms with E-state index in [0.29, 0.717) is 126 Å². The van der Waals surface area contributed by atoms with E-state index in [-0.39, 0.29) is 67.1 Å². The Labute approximate surface area is 892 Å². The van der Waals surface area contributed by atoms with Crippen LogP contribution in [0.15, 0.2) is 128 Å².